The number of hydrogen-bond acceptors (Lipinski definition) is 6. The van der Waals surface area contributed by atoms with Crippen LogP contribution < -0.4 is 0 Å². The van der Waals surface area contributed by atoms with E-state index >= 15 is 0 Å². The number of nitrogens with zero attached hydrogens (tertiary/aromatic N) is 2. The molecule has 0 saturated carbocycles. The van der Waals surface area contributed by atoms with Crippen molar-refractivity contribution in [3.8, 4) is 0 Å². The molecule has 1 aromatic heterocycles. The van der Waals surface area contributed by atoms with Crippen molar-refractivity contribution in [1.29, 1.82) is 0 Å². The van der Waals surface area contributed by atoms with Gasteiger partial charge in [-0.25, -0.2) is 4.79 Å². The minimum absolute atomic E-state index is 0.219. The zero-order chi connectivity index (χ0) is 16.1. The second kappa shape index (κ2) is 7.76. The molecule has 1 atom stereocenters. The number of furan rings is 1. The molecule has 1 unspecified atom stereocenters. The summed E-state index contributed by atoms with van der Waals surface area (Å²) in [7, 11) is 1.36. The summed E-state index contributed by atoms with van der Waals surface area (Å²) in [6.45, 7) is 8.63. The third-order valence-corrected chi connectivity index (χ3v) is 4.32. The summed E-state index contributed by atoms with van der Waals surface area (Å²) in [6.07, 6.45) is 0.969. The Labute approximate surface area is 131 Å². The molecular formula is C16H26N2O4. The van der Waals surface area contributed by atoms with Crippen LogP contribution in [-0.2, 0) is 11.3 Å². The summed E-state index contributed by atoms with van der Waals surface area (Å²) in [5, 5.41) is 9.37. The number of esters is 1. The summed E-state index contributed by atoms with van der Waals surface area (Å²) in [6, 6.07) is 2.17. The lowest BCUT2D eigenvalue weighted by atomic mass is 10.1. The Balaban J connectivity index is 1.90. The number of hydrogen-bond donors (Lipinski definition) is 1. The van der Waals surface area contributed by atoms with Gasteiger partial charge in [0, 0.05) is 37.8 Å². The van der Waals surface area contributed by atoms with Gasteiger partial charge >= 0.3 is 5.97 Å². The number of ether oxygens (including phenoxy) is 1. The topological polar surface area (TPSA) is 66.2 Å². The number of aliphatic hydroxyl groups is 1. The summed E-state index contributed by atoms with van der Waals surface area (Å²) < 4.78 is 10.3. The Hall–Kier alpha value is -1.37. The zero-order valence-corrected chi connectivity index (χ0v) is 13.7. The van der Waals surface area contributed by atoms with Crippen molar-refractivity contribution < 1.29 is 19.1 Å². The first kappa shape index (κ1) is 17.0. The lowest BCUT2D eigenvalue weighted by Gasteiger charge is -2.38. The van der Waals surface area contributed by atoms with Crippen molar-refractivity contribution in [2.24, 2.45) is 0 Å². The molecular weight excluding hydrogens is 284 g/mol. The molecule has 2 rings (SSSR count). The number of methoxy groups -OCH3 is 1. The number of aliphatic hydroxyl groups excluding tert-OH is 1. The van der Waals surface area contributed by atoms with E-state index in [1.807, 2.05) is 13.0 Å². The van der Waals surface area contributed by atoms with Crippen molar-refractivity contribution in [3.63, 3.8) is 0 Å². The second-order valence-electron chi connectivity index (χ2n) is 5.77. The highest BCUT2D eigenvalue weighted by molar-refractivity contribution is 5.87. The largest absolute Gasteiger partial charge is 0.463 e. The van der Waals surface area contributed by atoms with Crippen molar-refractivity contribution >= 4 is 5.97 Å². The van der Waals surface area contributed by atoms with Crippen molar-refractivity contribution in [1.82, 2.24) is 9.80 Å². The van der Waals surface area contributed by atoms with E-state index in [2.05, 4.69) is 16.7 Å². The van der Waals surface area contributed by atoms with Gasteiger partial charge in [0.05, 0.1) is 20.3 Å². The Morgan fingerprint density at radius 3 is 2.64 bits per heavy atom. The van der Waals surface area contributed by atoms with Crippen LogP contribution in [0.1, 0.15) is 35.2 Å². The van der Waals surface area contributed by atoms with E-state index in [1.54, 1.807) is 0 Å². The maximum atomic E-state index is 11.6. The standard InChI is InChI=1S/C16H26N2O4/c1-4-13(11-19)18-7-5-17(6-8-18)10-14-9-12(2)15(22-14)16(20)21-3/h9,13,19H,4-8,10-11H2,1-3H3. The number of carbonyl (C=O) groups excluding carboxylic acids is 1. The van der Waals surface area contributed by atoms with Gasteiger partial charge in [-0.3, -0.25) is 9.80 Å². The first-order valence-corrected chi connectivity index (χ1v) is 7.83. The Morgan fingerprint density at radius 2 is 2.09 bits per heavy atom. The zero-order valence-electron chi connectivity index (χ0n) is 13.7. The molecule has 1 aliphatic rings. The fraction of sp³-hybridized carbons (Fsp3) is 0.688. The Morgan fingerprint density at radius 1 is 1.41 bits per heavy atom. The third-order valence-electron chi connectivity index (χ3n) is 4.32. The van der Waals surface area contributed by atoms with Gasteiger partial charge in [0.2, 0.25) is 5.76 Å². The first-order valence-electron chi connectivity index (χ1n) is 7.83. The minimum Gasteiger partial charge on any atom is -0.463 e. The van der Waals surface area contributed by atoms with Crippen LogP contribution in [0.25, 0.3) is 0 Å². The number of rotatable bonds is 6. The summed E-state index contributed by atoms with van der Waals surface area (Å²) in [5.74, 6) is 0.658. The van der Waals surface area contributed by atoms with Gasteiger partial charge in [0.1, 0.15) is 5.76 Å². The average Bonchev–Trinajstić information content (AvgIpc) is 2.90. The molecule has 1 saturated heterocycles. The molecule has 0 spiro atoms. The van der Waals surface area contributed by atoms with Crippen molar-refractivity contribution in [3.05, 3.63) is 23.2 Å². The maximum Gasteiger partial charge on any atom is 0.374 e. The number of aryl methyl sites for hydroxylation is 1. The highest BCUT2D eigenvalue weighted by Gasteiger charge is 2.23. The van der Waals surface area contributed by atoms with E-state index in [0.29, 0.717) is 12.3 Å². The molecule has 0 amide bonds. The SMILES string of the molecule is CCC(CO)N1CCN(Cc2cc(C)c(C(=O)OC)o2)CC1. The molecule has 6 heteroatoms. The van der Waals surface area contributed by atoms with Gasteiger partial charge in [-0.15, -0.1) is 0 Å². The molecule has 0 aliphatic carbocycles. The third kappa shape index (κ3) is 3.88. The maximum absolute atomic E-state index is 11.6. The highest BCUT2D eigenvalue weighted by Crippen LogP contribution is 2.18. The fourth-order valence-corrected chi connectivity index (χ4v) is 2.93. The smallest absolute Gasteiger partial charge is 0.374 e. The van der Waals surface area contributed by atoms with Gasteiger partial charge in [0.15, 0.2) is 0 Å². The molecule has 0 radical (unpaired) electrons. The Kier molecular flexibility index (Phi) is 5.99. The molecule has 1 aliphatic heterocycles. The molecule has 124 valence electrons. The van der Waals surface area contributed by atoms with E-state index in [0.717, 1.165) is 43.9 Å². The van der Waals surface area contributed by atoms with Crippen LogP contribution in [0.4, 0.5) is 0 Å². The predicted molar refractivity (Wildman–Crippen MR) is 82.8 cm³/mol. The molecule has 1 fully saturated rings. The van der Waals surface area contributed by atoms with Crippen molar-refractivity contribution in [2.45, 2.75) is 32.9 Å². The molecule has 22 heavy (non-hydrogen) atoms. The summed E-state index contributed by atoms with van der Waals surface area (Å²) >= 11 is 0. The van der Waals surface area contributed by atoms with Gasteiger partial charge in [-0.05, 0) is 19.4 Å². The van der Waals surface area contributed by atoms with Crippen LogP contribution in [-0.4, -0.2) is 66.8 Å². The van der Waals surface area contributed by atoms with Crippen molar-refractivity contribution in [2.75, 3.05) is 39.9 Å². The molecule has 2 heterocycles. The molecule has 1 N–H and O–H groups in total. The van der Waals surface area contributed by atoms with Gasteiger partial charge in [0.25, 0.3) is 0 Å². The molecule has 0 bridgehead atoms. The summed E-state index contributed by atoms with van der Waals surface area (Å²) in [5.41, 5.74) is 0.812. The molecule has 6 nitrogen and oxygen atoms in total. The second-order valence-corrected chi connectivity index (χ2v) is 5.77. The van der Waals surface area contributed by atoms with Crippen LogP contribution in [0, 0.1) is 6.92 Å². The van der Waals surface area contributed by atoms with Crippen LogP contribution >= 0.6 is 0 Å². The fourth-order valence-electron chi connectivity index (χ4n) is 2.93. The molecule has 0 aromatic carbocycles. The van der Waals surface area contributed by atoms with E-state index in [1.165, 1.54) is 7.11 Å². The first-order chi connectivity index (χ1) is 10.6. The van der Waals surface area contributed by atoms with E-state index in [4.69, 9.17) is 9.15 Å². The predicted octanol–water partition coefficient (Wildman–Crippen LogP) is 1.26. The van der Waals surface area contributed by atoms with Gasteiger partial charge in [-0.2, -0.15) is 0 Å². The van der Waals surface area contributed by atoms with E-state index in [-0.39, 0.29) is 12.6 Å². The quantitative estimate of drug-likeness (QED) is 0.798. The van der Waals surface area contributed by atoms with Gasteiger partial charge in [-0.1, -0.05) is 6.92 Å². The summed E-state index contributed by atoms with van der Waals surface area (Å²) in [4.78, 5) is 16.2. The van der Waals surface area contributed by atoms with Crippen LogP contribution in [0.3, 0.4) is 0 Å². The average molecular weight is 310 g/mol. The molecule has 1 aromatic rings. The van der Waals surface area contributed by atoms with E-state index < -0.39 is 5.97 Å². The van der Waals surface area contributed by atoms with Crippen LogP contribution in [0.15, 0.2) is 10.5 Å². The number of carbonyl (C=O) groups is 1. The van der Waals surface area contributed by atoms with E-state index in [9.17, 15) is 9.90 Å². The number of piperazine rings is 1. The Bertz CT molecular complexity index is 488. The van der Waals surface area contributed by atoms with Crippen LogP contribution in [0.2, 0.25) is 0 Å². The lowest BCUT2D eigenvalue weighted by Crippen LogP contribution is -2.50. The van der Waals surface area contributed by atoms with Gasteiger partial charge < -0.3 is 14.3 Å². The monoisotopic (exact) mass is 310 g/mol. The highest BCUT2D eigenvalue weighted by atomic mass is 16.5. The van der Waals surface area contributed by atoms with Crippen LogP contribution in [0.5, 0.6) is 0 Å². The lowest BCUT2D eigenvalue weighted by molar-refractivity contribution is 0.0535. The normalized spacial score (nSPS) is 18.4. The minimum atomic E-state index is -0.428.